The van der Waals surface area contributed by atoms with Crippen molar-refractivity contribution in [2.24, 2.45) is 5.92 Å². The van der Waals surface area contributed by atoms with Gasteiger partial charge in [0.15, 0.2) is 5.65 Å². The highest BCUT2D eigenvalue weighted by molar-refractivity contribution is 9.09. The van der Waals surface area contributed by atoms with Gasteiger partial charge in [-0.2, -0.15) is 0 Å². The Morgan fingerprint density at radius 1 is 1.21 bits per heavy atom. The van der Waals surface area contributed by atoms with Gasteiger partial charge in [-0.25, -0.2) is 9.97 Å². The van der Waals surface area contributed by atoms with Crippen molar-refractivity contribution in [3.63, 3.8) is 0 Å². The molecule has 0 N–H and O–H groups in total. The summed E-state index contributed by atoms with van der Waals surface area (Å²) in [6, 6.07) is 4.05. The van der Waals surface area contributed by atoms with E-state index in [0.29, 0.717) is 4.83 Å². The van der Waals surface area contributed by atoms with Crippen molar-refractivity contribution in [1.82, 2.24) is 15.0 Å². The van der Waals surface area contributed by atoms with Gasteiger partial charge in [-0.05, 0) is 30.9 Å². The highest BCUT2D eigenvalue weighted by Crippen LogP contribution is 2.27. The van der Waals surface area contributed by atoms with Crippen molar-refractivity contribution in [2.45, 2.75) is 24.6 Å². The lowest BCUT2D eigenvalue weighted by atomic mass is 9.94. The number of aromatic nitrogens is 3. The van der Waals surface area contributed by atoms with E-state index < -0.39 is 0 Å². The molecule has 19 heavy (non-hydrogen) atoms. The molecule has 2 aromatic rings. The second kappa shape index (κ2) is 5.41. The molecule has 0 aromatic carbocycles. The minimum atomic E-state index is 0.602. The molecule has 1 aliphatic rings. The predicted molar refractivity (Wildman–Crippen MR) is 80.7 cm³/mol. The Hall–Kier alpha value is -1.23. The van der Waals surface area contributed by atoms with Crippen molar-refractivity contribution in [2.75, 3.05) is 18.0 Å². The molecule has 0 spiro atoms. The Morgan fingerprint density at radius 3 is 2.68 bits per heavy atom. The zero-order valence-electron chi connectivity index (χ0n) is 11.0. The first-order valence-electron chi connectivity index (χ1n) is 6.71. The van der Waals surface area contributed by atoms with Crippen molar-refractivity contribution in [3.8, 4) is 0 Å². The summed E-state index contributed by atoms with van der Waals surface area (Å²) in [5.74, 6) is 1.80. The van der Waals surface area contributed by atoms with Crippen LogP contribution >= 0.6 is 15.9 Å². The average Bonchev–Trinajstić information content (AvgIpc) is 2.47. The topological polar surface area (TPSA) is 41.9 Å². The van der Waals surface area contributed by atoms with Crippen LogP contribution in [0.5, 0.6) is 0 Å². The maximum atomic E-state index is 4.61. The van der Waals surface area contributed by atoms with E-state index >= 15 is 0 Å². The lowest BCUT2D eigenvalue weighted by Gasteiger charge is -2.34. The van der Waals surface area contributed by atoms with E-state index in [1.807, 2.05) is 6.07 Å². The molecule has 5 heteroatoms. The van der Waals surface area contributed by atoms with Crippen LogP contribution in [0.25, 0.3) is 11.2 Å². The van der Waals surface area contributed by atoms with E-state index in [1.165, 1.54) is 12.8 Å². The second-order valence-corrected chi connectivity index (χ2v) is 6.51. The molecule has 2 aromatic heterocycles. The molecular formula is C14H17BrN4. The van der Waals surface area contributed by atoms with Gasteiger partial charge in [0.1, 0.15) is 11.3 Å². The number of piperidine rings is 1. The first-order chi connectivity index (χ1) is 9.24. The second-order valence-electron chi connectivity index (χ2n) is 5.07. The van der Waals surface area contributed by atoms with E-state index in [2.05, 4.69) is 48.8 Å². The van der Waals surface area contributed by atoms with Gasteiger partial charge in [-0.1, -0.05) is 22.9 Å². The number of pyridine rings is 1. The smallest absolute Gasteiger partial charge is 0.180 e. The third-order valence-electron chi connectivity index (χ3n) is 3.83. The number of rotatable bonds is 2. The number of hydrogen-bond acceptors (Lipinski definition) is 4. The van der Waals surface area contributed by atoms with E-state index in [4.69, 9.17) is 0 Å². The molecular weight excluding hydrogens is 304 g/mol. The lowest BCUT2D eigenvalue weighted by molar-refractivity contribution is 0.406. The van der Waals surface area contributed by atoms with Crippen LogP contribution in [0.4, 0.5) is 5.82 Å². The number of anilines is 1. The summed E-state index contributed by atoms with van der Waals surface area (Å²) in [5, 5.41) is 0. The summed E-state index contributed by atoms with van der Waals surface area (Å²) < 4.78 is 0. The molecule has 0 aliphatic carbocycles. The Labute approximate surface area is 121 Å². The molecule has 0 radical (unpaired) electrons. The normalized spacial score (nSPS) is 18.7. The molecule has 1 saturated heterocycles. The molecule has 0 saturated carbocycles. The summed E-state index contributed by atoms with van der Waals surface area (Å²) in [4.78, 5) is 16.1. The monoisotopic (exact) mass is 320 g/mol. The molecule has 1 unspecified atom stereocenters. The average molecular weight is 321 g/mol. The maximum Gasteiger partial charge on any atom is 0.180 e. The quantitative estimate of drug-likeness (QED) is 0.798. The van der Waals surface area contributed by atoms with Gasteiger partial charge in [0.25, 0.3) is 0 Å². The fourth-order valence-corrected chi connectivity index (χ4v) is 3.14. The van der Waals surface area contributed by atoms with Crippen molar-refractivity contribution < 1.29 is 0 Å². The standard InChI is InChI=1S/C14H17BrN4/c1-10(15)11-4-8-19(9-5-11)13-3-2-12-14(18-13)17-7-6-16-12/h2-3,6-7,10-11H,4-5,8-9H2,1H3. The molecule has 3 rings (SSSR count). The van der Waals surface area contributed by atoms with E-state index in [1.54, 1.807) is 12.4 Å². The fraction of sp³-hybridized carbons (Fsp3) is 0.500. The predicted octanol–water partition coefficient (Wildman–Crippen LogP) is 3.02. The summed E-state index contributed by atoms with van der Waals surface area (Å²) in [5.41, 5.74) is 1.59. The highest BCUT2D eigenvalue weighted by atomic mass is 79.9. The first kappa shape index (κ1) is 12.8. The Bertz CT molecular complexity index is 564. The van der Waals surface area contributed by atoms with Crippen molar-refractivity contribution in [1.29, 1.82) is 0 Å². The summed E-state index contributed by atoms with van der Waals surface area (Å²) in [6.45, 7) is 4.38. The van der Waals surface area contributed by atoms with Gasteiger partial charge in [-0.3, -0.25) is 4.98 Å². The molecule has 1 aliphatic heterocycles. The van der Waals surface area contributed by atoms with Crippen LogP contribution in [0.3, 0.4) is 0 Å². The van der Waals surface area contributed by atoms with Gasteiger partial charge in [0, 0.05) is 30.3 Å². The molecule has 1 atom stereocenters. The van der Waals surface area contributed by atoms with E-state index in [-0.39, 0.29) is 0 Å². The van der Waals surface area contributed by atoms with Crippen LogP contribution in [-0.4, -0.2) is 32.9 Å². The third kappa shape index (κ3) is 2.71. The zero-order valence-corrected chi connectivity index (χ0v) is 12.5. The number of alkyl halides is 1. The first-order valence-corrected chi connectivity index (χ1v) is 7.62. The Kier molecular flexibility index (Phi) is 3.64. The third-order valence-corrected chi connectivity index (χ3v) is 4.58. The summed E-state index contributed by atoms with van der Waals surface area (Å²) in [6.07, 6.45) is 5.82. The number of fused-ring (bicyclic) bond motifs is 1. The molecule has 4 nitrogen and oxygen atoms in total. The molecule has 0 amide bonds. The SMILES string of the molecule is CC(Br)C1CCN(c2ccc3nccnc3n2)CC1. The minimum absolute atomic E-state index is 0.602. The van der Waals surface area contributed by atoms with Gasteiger partial charge in [0.05, 0.1) is 0 Å². The molecule has 100 valence electrons. The maximum absolute atomic E-state index is 4.61. The number of halogens is 1. The van der Waals surface area contributed by atoms with Crippen molar-refractivity contribution >= 4 is 32.9 Å². The summed E-state index contributed by atoms with van der Waals surface area (Å²) in [7, 11) is 0. The van der Waals surface area contributed by atoms with Gasteiger partial charge < -0.3 is 4.90 Å². The minimum Gasteiger partial charge on any atom is -0.357 e. The van der Waals surface area contributed by atoms with Gasteiger partial charge >= 0.3 is 0 Å². The van der Waals surface area contributed by atoms with Crippen LogP contribution in [0, 0.1) is 5.92 Å². The van der Waals surface area contributed by atoms with Crippen LogP contribution < -0.4 is 4.90 Å². The molecule has 1 fully saturated rings. The highest BCUT2D eigenvalue weighted by Gasteiger charge is 2.23. The van der Waals surface area contributed by atoms with Crippen molar-refractivity contribution in [3.05, 3.63) is 24.5 Å². The molecule has 0 bridgehead atoms. The van der Waals surface area contributed by atoms with Crippen LogP contribution in [0.1, 0.15) is 19.8 Å². The number of hydrogen-bond donors (Lipinski definition) is 0. The number of nitrogens with zero attached hydrogens (tertiary/aromatic N) is 4. The lowest BCUT2D eigenvalue weighted by Crippen LogP contribution is -2.36. The fourth-order valence-electron chi connectivity index (χ4n) is 2.61. The van der Waals surface area contributed by atoms with E-state index in [0.717, 1.165) is 36.0 Å². The molecule has 3 heterocycles. The summed E-state index contributed by atoms with van der Waals surface area (Å²) >= 11 is 3.69. The van der Waals surface area contributed by atoms with E-state index in [9.17, 15) is 0 Å². The Balaban J connectivity index is 1.78. The largest absolute Gasteiger partial charge is 0.357 e. The van der Waals surface area contributed by atoms with Gasteiger partial charge in [-0.15, -0.1) is 0 Å². The van der Waals surface area contributed by atoms with Gasteiger partial charge in [0.2, 0.25) is 0 Å². The zero-order chi connectivity index (χ0) is 13.2. The van der Waals surface area contributed by atoms with Crippen LogP contribution in [0.15, 0.2) is 24.5 Å². The van der Waals surface area contributed by atoms with Crippen LogP contribution in [0.2, 0.25) is 0 Å². The van der Waals surface area contributed by atoms with Crippen LogP contribution in [-0.2, 0) is 0 Å². The Morgan fingerprint density at radius 2 is 1.95 bits per heavy atom.